The Bertz CT molecular complexity index is 929. The first-order chi connectivity index (χ1) is 12.7. The molecule has 2 atom stereocenters. The van der Waals surface area contributed by atoms with E-state index in [9.17, 15) is 18.4 Å². The van der Waals surface area contributed by atoms with Crippen molar-refractivity contribution in [2.24, 2.45) is 5.41 Å². The van der Waals surface area contributed by atoms with Gasteiger partial charge in [-0.25, -0.2) is 8.78 Å². The summed E-state index contributed by atoms with van der Waals surface area (Å²) in [4.78, 5) is 29.7. The summed E-state index contributed by atoms with van der Waals surface area (Å²) in [5.74, 6) is -3.38. The molecule has 27 heavy (non-hydrogen) atoms. The molecule has 2 aromatic rings. The number of nitrogens with zero attached hydrogens (tertiary/aromatic N) is 1. The molecule has 0 bridgehead atoms. The van der Waals surface area contributed by atoms with Gasteiger partial charge in [0.25, 0.3) is 11.8 Å². The summed E-state index contributed by atoms with van der Waals surface area (Å²) in [7, 11) is 0. The summed E-state index contributed by atoms with van der Waals surface area (Å²) in [6.45, 7) is 2.16. The van der Waals surface area contributed by atoms with Crippen LogP contribution in [0.4, 0.5) is 8.78 Å². The summed E-state index contributed by atoms with van der Waals surface area (Å²) in [5, 5.41) is 4.08. The van der Waals surface area contributed by atoms with Crippen molar-refractivity contribution in [1.82, 2.24) is 15.2 Å². The van der Waals surface area contributed by atoms with Crippen molar-refractivity contribution in [2.75, 3.05) is 13.1 Å². The van der Waals surface area contributed by atoms with E-state index in [0.29, 0.717) is 30.1 Å². The lowest BCUT2D eigenvalue weighted by atomic mass is 10.1. The molecule has 0 radical (unpaired) electrons. The average molecular weight is 396 g/mol. The van der Waals surface area contributed by atoms with Gasteiger partial charge in [-0.05, 0) is 37.1 Å². The van der Waals surface area contributed by atoms with Crippen LogP contribution in [0.3, 0.4) is 0 Å². The Morgan fingerprint density at radius 3 is 2.74 bits per heavy atom. The molecular weight excluding hydrogens is 376 g/mol. The molecule has 1 aromatic heterocycles. The molecule has 1 aliphatic heterocycles. The van der Waals surface area contributed by atoms with Crippen molar-refractivity contribution < 1.29 is 18.4 Å². The number of aromatic nitrogens is 1. The number of H-pyrrole nitrogens is 1. The number of carbonyl (C=O) groups is 2. The van der Waals surface area contributed by atoms with Crippen molar-refractivity contribution >= 4 is 34.3 Å². The molecule has 2 amide bonds. The minimum atomic E-state index is -2.67. The third-order valence-corrected chi connectivity index (χ3v) is 5.95. The number of hydrogen-bond donors (Lipinski definition) is 2. The van der Waals surface area contributed by atoms with Gasteiger partial charge in [-0.3, -0.25) is 9.59 Å². The molecule has 1 saturated carbocycles. The van der Waals surface area contributed by atoms with Crippen molar-refractivity contribution in [3.05, 3.63) is 35.0 Å². The van der Waals surface area contributed by atoms with E-state index < -0.39 is 23.3 Å². The van der Waals surface area contributed by atoms with Crippen molar-refractivity contribution in [1.29, 1.82) is 0 Å². The molecule has 2 aliphatic rings. The molecule has 4 rings (SSSR count). The van der Waals surface area contributed by atoms with Crippen LogP contribution in [0.1, 0.15) is 36.7 Å². The fourth-order valence-corrected chi connectivity index (χ4v) is 4.09. The Labute approximate surface area is 160 Å². The lowest BCUT2D eigenvalue weighted by Crippen LogP contribution is -2.47. The van der Waals surface area contributed by atoms with Gasteiger partial charge >= 0.3 is 0 Å². The smallest absolute Gasteiger partial charge is 0.268 e. The Hall–Kier alpha value is -2.15. The molecule has 5 nitrogen and oxygen atoms in total. The van der Waals surface area contributed by atoms with Crippen LogP contribution in [-0.4, -0.2) is 46.8 Å². The summed E-state index contributed by atoms with van der Waals surface area (Å²) in [6, 6.07) is 6.17. The third-order valence-electron chi connectivity index (χ3n) is 5.72. The summed E-state index contributed by atoms with van der Waals surface area (Å²) >= 11 is 5.96. The van der Waals surface area contributed by atoms with Crippen LogP contribution in [0, 0.1) is 5.41 Å². The number of halogens is 3. The van der Waals surface area contributed by atoms with Crippen LogP contribution in [0.25, 0.3) is 10.9 Å². The van der Waals surface area contributed by atoms with Gasteiger partial charge in [0.05, 0.1) is 5.41 Å². The number of hydrogen-bond acceptors (Lipinski definition) is 2. The number of likely N-dealkylation sites (tertiary alicyclic amines) is 1. The van der Waals surface area contributed by atoms with Crippen LogP contribution in [0.15, 0.2) is 24.3 Å². The molecule has 2 N–H and O–H groups in total. The lowest BCUT2D eigenvalue weighted by molar-refractivity contribution is -0.132. The summed E-state index contributed by atoms with van der Waals surface area (Å²) in [5.41, 5.74) is 0.0491. The highest BCUT2D eigenvalue weighted by Crippen LogP contribution is 2.65. The highest BCUT2D eigenvalue weighted by atomic mass is 35.5. The number of amides is 2. The van der Waals surface area contributed by atoms with Crippen LogP contribution in [0.5, 0.6) is 0 Å². The number of alkyl halides is 2. The van der Waals surface area contributed by atoms with E-state index >= 15 is 0 Å². The molecule has 1 aromatic carbocycles. The van der Waals surface area contributed by atoms with Gasteiger partial charge in [-0.1, -0.05) is 18.5 Å². The number of nitrogens with one attached hydrogen (secondary N) is 2. The first kappa shape index (κ1) is 18.2. The maximum Gasteiger partial charge on any atom is 0.268 e. The number of benzene rings is 1. The second-order valence-electron chi connectivity index (χ2n) is 7.52. The molecule has 8 heteroatoms. The molecule has 2 heterocycles. The van der Waals surface area contributed by atoms with Gasteiger partial charge < -0.3 is 15.2 Å². The van der Waals surface area contributed by atoms with Gasteiger partial charge in [-0.15, -0.1) is 0 Å². The van der Waals surface area contributed by atoms with Gasteiger partial charge in [0.2, 0.25) is 5.91 Å². The zero-order valence-corrected chi connectivity index (χ0v) is 15.6. The number of fused-ring (bicyclic) bond motifs is 1. The third kappa shape index (κ3) is 3.08. The maximum atomic E-state index is 13.6. The minimum Gasteiger partial charge on any atom is -0.351 e. The highest BCUT2D eigenvalue weighted by Gasteiger charge is 2.73. The van der Waals surface area contributed by atoms with Crippen molar-refractivity contribution in [3.63, 3.8) is 0 Å². The topological polar surface area (TPSA) is 65.2 Å². The van der Waals surface area contributed by atoms with Crippen LogP contribution >= 0.6 is 11.6 Å². The van der Waals surface area contributed by atoms with E-state index in [-0.39, 0.29) is 18.9 Å². The fraction of sp³-hybridized carbons (Fsp3) is 0.474. The zero-order valence-electron chi connectivity index (χ0n) is 14.8. The highest BCUT2D eigenvalue weighted by molar-refractivity contribution is 6.31. The van der Waals surface area contributed by atoms with E-state index in [1.54, 1.807) is 31.2 Å². The summed E-state index contributed by atoms with van der Waals surface area (Å²) < 4.78 is 27.1. The van der Waals surface area contributed by atoms with Crippen molar-refractivity contribution in [2.45, 2.75) is 38.2 Å². The largest absolute Gasteiger partial charge is 0.351 e. The van der Waals surface area contributed by atoms with Crippen LogP contribution in [-0.2, 0) is 4.79 Å². The molecule has 0 unspecified atom stereocenters. The maximum absolute atomic E-state index is 13.6. The van der Waals surface area contributed by atoms with E-state index in [1.807, 2.05) is 0 Å². The van der Waals surface area contributed by atoms with Gasteiger partial charge in [-0.2, -0.15) is 0 Å². The van der Waals surface area contributed by atoms with E-state index in [4.69, 9.17) is 11.6 Å². The van der Waals surface area contributed by atoms with E-state index in [2.05, 4.69) is 10.3 Å². The Balaban J connectivity index is 1.45. The summed E-state index contributed by atoms with van der Waals surface area (Å²) in [6.07, 6.45) is 0.556. The molecular formula is C19H20ClF2N3O2. The first-order valence-corrected chi connectivity index (χ1v) is 9.38. The number of aromatic amines is 1. The normalized spacial score (nSPS) is 24.4. The predicted molar refractivity (Wildman–Crippen MR) is 98.0 cm³/mol. The predicted octanol–water partition coefficient (Wildman–Crippen LogP) is 3.59. The lowest BCUT2D eigenvalue weighted by Gasteiger charge is -2.23. The Kier molecular flexibility index (Phi) is 4.18. The molecule has 144 valence electrons. The monoisotopic (exact) mass is 395 g/mol. The SMILES string of the molecule is CC[C@@H](NC(=O)c1cc2cc(Cl)ccc2[nH]1)C(=O)N1CC[C@@]2(C1)CC2(F)F. The Morgan fingerprint density at radius 1 is 1.37 bits per heavy atom. The molecule has 1 saturated heterocycles. The fourth-order valence-electron chi connectivity index (χ4n) is 3.90. The van der Waals surface area contributed by atoms with E-state index in [1.165, 1.54) is 4.90 Å². The zero-order chi connectivity index (χ0) is 19.4. The second kappa shape index (κ2) is 6.19. The van der Waals surface area contributed by atoms with Gasteiger partial charge in [0, 0.05) is 35.4 Å². The van der Waals surface area contributed by atoms with Crippen LogP contribution < -0.4 is 5.32 Å². The second-order valence-corrected chi connectivity index (χ2v) is 7.96. The van der Waals surface area contributed by atoms with Gasteiger partial charge in [0.1, 0.15) is 11.7 Å². The first-order valence-electron chi connectivity index (χ1n) is 9.00. The standard InChI is InChI=1S/C19H20ClF2N3O2/c1-2-13(17(27)25-6-5-18(10-25)9-19(18,21)22)24-16(26)15-8-11-7-12(20)3-4-14(11)23-15/h3-4,7-8,13,23H,2,5-6,9-10H2,1H3,(H,24,26)/t13-,18+/m1/s1. The van der Waals surface area contributed by atoms with Crippen molar-refractivity contribution in [3.8, 4) is 0 Å². The minimum absolute atomic E-state index is 0.0656. The quantitative estimate of drug-likeness (QED) is 0.830. The number of rotatable bonds is 4. The molecule has 1 spiro atoms. The van der Waals surface area contributed by atoms with E-state index in [0.717, 1.165) is 10.9 Å². The average Bonchev–Trinajstić information content (AvgIpc) is 3.01. The number of carbonyl (C=O) groups excluding carboxylic acids is 2. The Morgan fingerprint density at radius 2 is 2.11 bits per heavy atom. The van der Waals surface area contributed by atoms with Crippen LogP contribution in [0.2, 0.25) is 5.02 Å². The van der Waals surface area contributed by atoms with Gasteiger partial charge in [0.15, 0.2) is 0 Å². The molecule has 1 aliphatic carbocycles. The molecule has 2 fully saturated rings.